The van der Waals surface area contributed by atoms with Crippen molar-refractivity contribution in [3.8, 4) is 0 Å². The van der Waals surface area contributed by atoms with Gasteiger partial charge in [0.15, 0.2) is 0 Å². The van der Waals surface area contributed by atoms with E-state index in [2.05, 4.69) is 21.9 Å². The fraction of sp³-hybridized carbons (Fsp3) is 0.625. The molecule has 3 rings (SSSR count). The van der Waals surface area contributed by atoms with E-state index in [4.69, 9.17) is 17.3 Å². The maximum absolute atomic E-state index is 6.39. The lowest BCUT2D eigenvalue weighted by Gasteiger charge is -2.37. The molecular formula is C16H24ClN3. The fourth-order valence-electron chi connectivity index (χ4n) is 3.14. The standard InChI is InChI=1S/C16H24ClN3/c1-12(18)11-14-15(17)3-2-4-16(14)20-9-7-19(8-10-20)13-5-6-13/h2-4,12-13H,5-11,18H2,1H3. The van der Waals surface area contributed by atoms with Gasteiger partial charge in [0, 0.05) is 49.0 Å². The van der Waals surface area contributed by atoms with E-state index in [1.807, 2.05) is 13.0 Å². The Morgan fingerprint density at radius 2 is 1.95 bits per heavy atom. The Balaban J connectivity index is 1.74. The molecule has 0 amide bonds. The van der Waals surface area contributed by atoms with Crippen molar-refractivity contribution >= 4 is 17.3 Å². The van der Waals surface area contributed by atoms with Crippen LogP contribution in [0.25, 0.3) is 0 Å². The largest absolute Gasteiger partial charge is 0.369 e. The molecule has 1 unspecified atom stereocenters. The number of hydrogen-bond acceptors (Lipinski definition) is 3. The van der Waals surface area contributed by atoms with Crippen molar-refractivity contribution in [1.82, 2.24) is 4.90 Å². The average molecular weight is 294 g/mol. The van der Waals surface area contributed by atoms with Crippen molar-refractivity contribution in [2.24, 2.45) is 5.73 Å². The zero-order valence-electron chi connectivity index (χ0n) is 12.2. The molecule has 0 spiro atoms. The number of halogens is 1. The summed E-state index contributed by atoms with van der Waals surface area (Å²) in [5.41, 5.74) is 8.47. The van der Waals surface area contributed by atoms with Gasteiger partial charge < -0.3 is 10.6 Å². The van der Waals surface area contributed by atoms with E-state index >= 15 is 0 Å². The molecule has 1 aromatic carbocycles. The van der Waals surface area contributed by atoms with E-state index in [0.717, 1.165) is 30.6 Å². The van der Waals surface area contributed by atoms with Crippen LogP contribution >= 0.6 is 11.6 Å². The minimum absolute atomic E-state index is 0.140. The van der Waals surface area contributed by atoms with Crippen LogP contribution in [0.15, 0.2) is 18.2 Å². The molecule has 1 aliphatic heterocycles. The third kappa shape index (κ3) is 3.11. The highest BCUT2D eigenvalue weighted by Crippen LogP contribution is 2.32. The molecule has 20 heavy (non-hydrogen) atoms. The highest BCUT2D eigenvalue weighted by molar-refractivity contribution is 6.31. The summed E-state index contributed by atoms with van der Waals surface area (Å²) in [4.78, 5) is 5.11. The minimum Gasteiger partial charge on any atom is -0.369 e. The van der Waals surface area contributed by atoms with Crippen LogP contribution in [0.2, 0.25) is 5.02 Å². The Hall–Kier alpha value is -0.770. The highest BCUT2D eigenvalue weighted by Gasteiger charge is 2.31. The van der Waals surface area contributed by atoms with Gasteiger partial charge in [-0.15, -0.1) is 0 Å². The number of nitrogens with two attached hydrogens (primary N) is 1. The van der Waals surface area contributed by atoms with E-state index in [-0.39, 0.29) is 6.04 Å². The summed E-state index contributed by atoms with van der Waals surface area (Å²) < 4.78 is 0. The van der Waals surface area contributed by atoms with Crippen molar-refractivity contribution in [2.45, 2.75) is 38.3 Å². The van der Waals surface area contributed by atoms with Crippen LogP contribution in [0, 0.1) is 0 Å². The molecule has 0 aromatic heterocycles. The summed E-state index contributed by atoms with van der Waals surface area (Å²) >= 11 is 6.39. The number of rotatable bonds is 4. The molecule has 1 heterocycles. The molecule has 1 atom stereocenters. The van der Waals surface area contributed by atoms with E-state index in [0.29, 0.717) is 0 Å². The first-order chi connectivity index (χ1) is 9.65. The van der Waals surface area contributed by atoms with Crippen LogP contribution in [-0.2, 0) is 6.42 Å². The fourth-order valence-corrected chi connectivity index (χ4v) is 3.38. The second-order valence-electron chi connectivity index (χ2n) is 6.17. The zero-order valence-corrected chi connectivity index (χ0v) is 12.9. The first-order valence-corrected chi connectivity index (χ1v) is 8.05. The Kier molecular flexibility index (Phi) is 4.20. The third-order valence-corrected chi connectivity index (χ3v) is 4.69. The molecule has 0 bridgehead atoms. The van der Waals surface area contributed by atoms with Crippen LogP contribution in [0.3, 0.4) is 0 Å². The van der Waals surface area contributed by atoms with Gasteiger partial charge in [-0.05, 0) is 43.9 Å². The second-order valence-corrected chi connectivity index (χ2v) is 6.58. The van der Waals surface area contributed by atoms with Gasteiger partial charge >= 0.3 is 0 Å². The SMILES string of the molecule is CC(N)Cc1c(Cl)cccc1N1CCN(C2CC2)CC1. The minimum atomic E-state index is 0.140. The van der Waals surface area contributed by atoms with Crippen molar-refractivity contribution in [3.05, 3.63) is 28.8 Å². The van der Waals surface area contributed by atoms with Crippen molar-refractivity contribution < 1.29 is 0 Å². The normalized spacial score (nSPS) is 22.1. The summed E-state index contributed by atoms with van der Waals surface area (Å²) in [7, 11) is 0. The Morgan fingerprint density at radius 3 is 2.55 bits per heavy atom. The lowest BCUT2D eigenvalue weighted by Crippen LogP contribution is -2.47. The van der Waals surface area contributed by atoms with Crippen LogP contribution in [-0.4, -0.2) is 43.2 Å². The van der Waals surface area contributed by atoms with E-state index in [1.165, 1.54) is 37.2 Å². The highest BCUT2D eigenvalue weighted by atomic mass is 35.5. The van der Waals surface area contributed by atoms with E-state index in [1.54, 1.807) is 0 Å². The topological polar surface area (TPSA) is 32.5 Å². The van der Waals surface area contributed by atoms with Gasteiger partial charge in [0.05, 0.1) is 0 Å². The molecule has 1 aliphatic carbocycles. The molecule has 3 nitrogen and oxygen atoms in total. The van der Waals surface area contributed by atoms with E-state index < -0.39 is 0 Å². The molecule has 2 fully saturated rings. The van der Waals surface area contributed by atoms with E-state index in [9.17, 15) is 0 Å². The molecule has 4 heteroatoms. The van der Waals surface area contributed by atoms with Gasteiger partial charge in [-0.25, -0.2) is 0 Å². The van der Waals surface area contributed by atoms with Gasteiger partial charge in [0.2, 0.25) is 0 Å². The quantitative estimate of drug-likeness (QED) is 0.926. The van der Waals surface area contributed by atoms with Crippen molar-refractivity contribution in [2.75, 3.05) is 31.1 Å². The van der Waals surface area contributed by atoms with Crippen LogP contribution in [0.4, 0.5) is 5.69 Å². The van der Waals surface area contributed by atoms with Crippen molar-refractivity contribution in [1.29, 1.82) is 0 Å². The molecule has 1 saturated carbocycles. The summed E-state index contributed by atoms with van der Waals surface area (Å²) in [5.74, 6) is 0. The molecule has 1 saturated heterocycles. The van der Waals surface area contributed by atoms with Gasteiger partial charge in [-0.1, -0.05) is 17.7 Å². The Labute approximate surface area is 126 Å². The predicted molar refractivity (Wildman–Crippen MR) is 85.6 cm³/mol. The van der Waals surface area contributed by atoms with Gasteiger partial charge in [0.25, 0.3) is 0 Å². The lowest BCUT2D eigenvalue weighted by molar-refractivity contribution is 0.248. The first kappa shape index (κ1) is 14.2. The molecule has 2 aliphatic rings. The smallest absolute Gasteiger partial charge is 0.0459 e. The van der Waals surface area contributed by atoms with Crippen LogP contribution in [0.5, 0.6) is 0 Å². The van der Waals surface area contributed by atoms with Crippen LogP contribution < -0.4 is 10.6 Å². The number of anilines is 1. The number of piperazine rings is 1. The van der Waals surface area contributed by atoms with Gasteiger partial charge in [-0.3, -0.25) is 4.90 Å². The molecule has 1 aromatic rings. The summed E-state index contributed by atoms with van der Waals surface area (Å²) in [6.07, 6.45) is 3.64. The second kappa shape index (κ2) is 5.92. The van der Waals surface area contributed by atoms with Gasteiger partial charge in [-0.2, -0.15) is 0 Å². The number of nitrogens with zero attached hydrogens (tertiary/aromatic N) is 2. The van der Waals surface area contributed by atoms with Crippen LogP contribution in [0.1, 0.15) is 25.3 Å². The zero-order chi connectivity index (χ0) is 14.1. The first-order valence-electron chi connectivity index (χ1n) is 7.67. The Bertz CT molecular complexity index is 463. The molecule has 0 radical (unpaired) electrons. The number of benzene rings is 1. The maximum atomic E-state index is 6.39. The third-order valence-electron chi connectivity index (χ3n) is 4.34. The summed E-state index contributed by atoms with van der Waals surface area (Å²) in [6, 6.07) is 7.23. The van der Waals surface area contributed by atoms with Crippen molar-refractivity contribution in [3.63, 3.8) is 0 Å². The maximum Gasteiger partial charge on any atom is 0.0459 e. The summed E-state index contributed by atoms with van der Waals surface area (Å²) in [6.45, 7) is 6.59. The molecule has 110 valence electrons. The Morgan fingerprint density at radius 1 is 1.25 bits per heavy atom. The molecular weight excluding hydrogens is 270 g/mol. The molecule has 2 N–H and O–H groups in total. The number of hydrogen-bond donors (Lipinski definition) is 1. The lowest BCUT2D eigenvalue weighted by atomic mass is 10.0. The average Bonchev–Trinajstić information content (AvgIpc) is 3.25. The monoisotopic (exact) mass is 293 g/mol. The predicted octanol–water partition coefficient (Wildman–Crippen LogP) is 2.51. The van der Waals surface area contributed by atoms with Gasteiger partial charge in [0.1, 0.15) is 0 Å². The summed E-state index contributed by atoms with van der Waals surface area (Å²) in [5, 5.41) is 0.851.